The minimum atomic E-state index is 0.122. The molecule has 0 amide bonds. The molecule has 0 aliphatic carbocycles. The summed E-state index contributed by atoms with van der Waals surface area (Å²) in [6.07, 6.45) is 0.477. The predicted molar refractivity (Wildman–Crippen MR) is 82.0 cm³/mol. The predicted octanol–water partition coefficient (Wildman–Crippen LogP) is 1.79. The second-order valence-electron chi connectivity index (χ2n) is 4.66. The van der Waals surface area contributed by atoms with Gasteiger partial charge in [0.15, 0.2) is 0 Å². The van der Waals surface area contributed by atoms with E-state index in [-0.39, 0.29) is 11.9 Å². The van der Waals surface area contributed by atoms with Crippen molar-refractivity contribution in [3.8, 4) is 5.75 Å². The zero-order valence-electron chi connectivity index (χ0n) is 11.6. The molecule has 0 radical (unpaired) electrons. The second-order valence-corrected chi connectivity index (χ2v) is 4.66. The van der Waals surface area contributed by atoms with E-state index in [0.717, 1.165) is 22.1 Å². The van der Waals surface area contributed by atoms with Gasteiger partial charge in [-0.3, -0.25) is 0 Å². The Kier molecular flexibility index (Phi) is 3.27. The molecule has 3 aromatic rings. The van der Waals surface area contributed by atoms with Crippen molar-refractivity contribution >= 4 is 22.7 Å². The van der Waals surface area contributed by atoms with E-state index in [0.29, 0.717) is 12.2 Å². The van der Waals surface area contributed by atoms with E-state index in [2.05, 4.69) is 27.1 Å². The number of anilines is 2. The van der Waals surface area contributed by atoms with Crippen molar-refractivity contribution in [2.24, 2.45) is 0 Å². The molecule has 0 aliphatic rings. The monoisotopic (exact) mass is 281 g/mol. The molecule has 1 aromatic heterocycles. The third-order valence-electron chi connectivity index (χ3n) is 3.21. The average molecular weight is 281 g/mol. The molecule has 0 spiro atoms. The van der Waals surface area contributed by atoms with Crippen molar-refractivity contribution in [1.82, 2.24) is 15.0 Å². The highest BCUT2D eigenvalue weighted by atomic mass is 16.5. The number of rotatable bonds is 3. The van der Waals surface area contributed by atoms with E-state index < -0.39 is 0 Å². The van der Waals surface area contributed by atoms with Crippen LogP contribution in [0.3, 0.4) is 0 Å². The lowest BCUT2D eigenvalue weighted by atomic mass is 10.0. The molecule has 0 fully saturated rings. The Morgan fingerprint density at radius 1 is 0.952 bits per heavy atom. The summed E-state index contributed by atoms with van der Waals surface area (Å²) in [5.74, 6) is 1.55. The summed E-state index contributed by atoms with van der Waals surface area (Å²) in [6.45, 7) is 0. The van der Waals surface area contributed by atoms with Gasteiger partial charge >= 0.3 is 0 Å². The first-order valence-electron chi connectivity index (χ1n) is 6.47. The van der Waals surface area contributed by atoms with Gasteiger partial charge in [-0.2, -0.15) is 15.0 Å². The van der Waals surface area contributed by atoms with E-state index in [4.69, 9.17) is 16.2 Å². The fourth-order valence-corrected chi connectivity index (χ4v) is 2.30. The van der Waals surface area contributed by atoms with Gasteiger partial charge in [-0.15, -0.1) is 0 Å². The number of fused-ring (bicyclic) bond motifs is 1. The molecule has 0 bridgehead atoms. The Balaban J connectivity index is 2.06. The van der Waals surface area contributed by atoms with Gasteiger partial charge in [0.1, 0.15) is 11.6 Å². The number of nitrogens with zero attached hydrogens (tertiary/aromatic N) is 3. The van der Waals surface area contributed by atoms with Crippen LogP contribution < -0.4 is 16.2 Å². The first kappa shape index (κ1) is 13.1. The first-order valence-corrected chi connectivity index (χ1v) is 6.47. The number of ether oxygens (including phenoxy) is 1. The van der Waals surface area contributed by atoms with Crippen LogP contribution in [0.5, 0.6) is 5.75 Å². The Morgan fingerprint density at radius 3 is 2.19 bits per heavy atom. The number of hydrogen-bond acceptors (Lipinski definition) is 6. The summed E-state index contributed by atoms with van der Waals surface area (Å²) in [5, 5.41) is 2.25. The van der Waals surface area contributed by atoms with Crippen molar-refractivity contribution in [2.45, 2.75) is 6.42 Å². The summed E-state index contributed by atoms with van der Waals surface area (Å²) in [4.78, 5) is 12.0. The summed E-state index contributed by atoms with van der Waals surface area (Å²) >= 11 is 0. The Hall–Kier alpha value is -2.89. The van der Waals surface area contributed by atoms with Gasteiger partial charge in [0, 0.05) is 12.0 Å². The van der Waals surface area contributed by atoms with Gasteiger partial charge in [0.05, 0.1) is 7.11 Å². The van der Waals surface area contributed by atoms with Gasteiger partial charge in [-0.05, 0) is 22.9 Å². The Bertz CT molecular complexity index is 783. The molecular weight excluding hydrogens is 266 g/mol. The van der Waals surface area contributed by atoms with Crippen LogP contribution in [-0.4, -0.2) is 22.1 Å². The summed E-state index contributed by atoms with van der Waals surface area (Å²) < 4.78 is 5.45. The van der Waals surface area contributed by atoms with Crippen LogP contribution in [0.4, 0.5) is 11.9 Å². The maximum absolute atomic E-state index is 5.60. The van der Waals surface area contributed by atoms with Crippen molar-refractivity contribution < 1.29 is 4.74 Å². The third kappa shape index (κ3) is 2.69. The standard InChI is InChI=1S/C15H15N5O/c1-21-12-7-10-5-3-2-4-9(10)6-11(12)8-13-18-14(16)20-15(17)19-13/h2-7H,8H2,1H3,(H4,16,17,18,19,20). The molecule has 6 nitrogen and oxygen atoms in total. The fraction of sp³-hybridized carbons (Fsp3) is 0.133. The highest BCUT2D eigenvalue weighted by molar-refractivity contribution is 5.85. The molecule has 0 unspecified atom stereocenters. The van der Waals surface area contributed by atoms with E-state index in [1.165, 1.54) is 0 Å². The molecule has 106 valence electrons. The van der Waals surface area contributed by atoms with Crippen molar-refractivity contribution in [1.29, 1.82) is 0 Å². The van der Waals surface area contributed by atoms with Crippen LogP contribution in [0, 0.1) is 0 Å². The van der Waals surface area contributed by atoms with Gasteiger partial charge < -0.3 is 16.2 Å². The number of hydrogen-bond donors (Lipinski definition) is 2. The minimum absolute atomic E-state index is 0.122. The number of benzene rings is 2. The number of methoxy groups -OCH3 is 1. The summed E-state index contributed by atoms with van der Waals surface area (Å²) in [7, 11) is 1.64. The van der Waals surface area contributed by atoms with Crippen LogP contribution in [-0.2, 0) is 6.42 Å². The van der Waals surface area contributed by atoms with Crippen LogP contribution >= 0.6 is 0 Å². The zero-order chi connectivity index (χ0) is 14.8. The lowest BCUT2D eigenvalue weighted by molar-refractivity contribution is 0.411. The van der Waals surface area contributed by atoms with Crippen LogP contribution in [0.2, 0.25) is 0 Å². The van der Waals surface area contributed by atoms with Crippen LogP contribution in [0.1, 0.15) is 11.4 Å². The Labute approximate surface area is 121 Å². The van der Waals surface area contributed by atoms with Gasteiger partial charge in [0.25, 0.3) is 0 Å². The number of nitrogen functional groups attached to an aromatic ring is 2. The van der Waals surface area contributed by atoms with E-state index in [9.17, 15) is 0 Å². The topological polar surface area (TPSA) is 99.9 Å². The summed E-state index contributed by atoms with van der Waals surface area (Å²) in [6, 6.07) is 12.1. The molecule has 1 heterocycles. The zero-order valence-corrected chi connectivity index (χ0v) is 11.6. The molecule has 6 heteroatoms. The number of aromatic nitrogens is 3. The van der Waals surface area contributed by atoms with Crippen LogP contribution in [0.25, 0.3) is 10.8 Å². The van der Waals surface area contributed by atoms with E-state index in [1.54, 1.807) is 7.11 Å². The van der Waals surface area contributed by atoms with Gasteiger partial charge in [-0.1, -0.05) is 24.3 Å². The lowest BCUT2D eigenvalue weighted by Gasteiger charge is -2.10. The smallest absolute Gasteiger partial charge is 0.225 e. The highest BCUT2D eigenvalue weighted by Gasteiger charge is 2.10. The number of nitrogens with two attached hydrogens (primary N) is 2. The first-order chi connectivity index (χ1) is 10.2. The molecule has 21 heavy (non-hydrogen) atoms. The van der Waals surface area contributed by atoms with Crippen molar-refractivity contribution in [3.63, 3.8) is 0 Å². The normalized spacial score (nSPS) is 10.7. The molecular formula is C15H15N5O. The van der Waals surface area contributed by atoms with Crippen LogP contribution in [0.15, 0.2) is 36.4 Å². The SMILES string of the molecule is COc1cc2ccccc2cc1Cc1nc(N)nc(N)n1. The summed E-state index contributed by atoms with van der Waals surface area (Å²) in [5.41, 5.74) is 12.2. The van der Waals surface area contributed by atoms with Crippen molar-refractivity contribution in [3.05, 3.63) is 47.8 Å². The molecule has 2 aromatic carbocycles. The quantitative estimate of drug-likeness (QED) is 0.759. The maximum atomic E-state index is 5.60. The molecule has 3 rings (SSSR count). The van der Waals surface area contributed by atoms with E-state index >= 15 is 0 Å². The molecule has 0 aliphatic heterocycles. The average Bonchev–Trinajstić information content (AvgIpc) is 2.45. The molecule has 0 saturated heterocycles. The van der Waals surface area contributed by atoms with Gasteiger partial charge in [0.2, 0.25) is 11.9 Å². The van der Waals surface area contributed by atoms with E-state index in [1.807, 2.05) is 24.3 Å². The fourth-order valence-electron chi connectivity index (χ4n) is 2.30. The molecule has 4 N–H and O–H groups in total. The Morgan fingerprint density at radius 2 is 1.57 bits per heavy atom. The largest absolute Gasteiger partial charge is 0.496 e. The molecule has 0 saturated carbocycles. The minimum Gasteiger partial charge on any atom is -0.496 e. The second kappa shape index (κ2) is 5.24. The molecule has 0 atom stereocenters. The highest BCUT2D eigenvalue weighted by Crippen LogP contribution is 2.27. The third-order valence-corrected chi connectivity index (χ3v) is 3.21. The maximum Gasteiger partial charge on any atom is 0.225 e. The van der Waals surface area contributed by atoms with Gasteiger partial charge in [-0.25, -0.2) is 0 Å². The lowest BCUT2D eigenvalue weighted by Crippen LogP contribution is -2.07. The van der Waals surface area contributed by atoms with Crippen molar-refractivity contribution in [2.75, 3.05) is 18.6 Å².